The van der Waals surface area contributed by atoms with E-state index in [-0.39, 0.29) is 12.4 Å². The van der Waals surface area contributed by atoms with Crippen LogP contribution in [0.3, 0.4) is 0 Å². The lowest BCUT2D eigenvalue weighted by molar-refractivity contribution is 0.0613. The fourth-order valence-corrected chi connectivity index (χ4v) is 4.62. The molecule has 5 heterocycles. The standard InChI is InChI=1S/C30H28N8O4/c1-2-41-30(39)42-36-27(31)22-15-21(16-32-17-22)26-18-33-28(37-11-13-40-14-12-37)29-35-24(19-38(26)29)10-9-23-8-7-20-5-3-4-6-25(20)34-23/h3-10,15-19H,2,11-14H2,1H3,(H2,31,36). The Kier molecular flexibility index (Phi) is 7.68. The largest absolute Gasteiger partial charge is 0.535 e. The molecule has 0 saturated carbocycles. The Labute approximate surface area is 241 Å². The van der Waals surface area contributed by atoms with Crippen LogP contribution in [0.25, 0.3) is 40.0 Å². The summed E-state index contributed by atoms with van der Waals surface area (Å²) in [4.78, 5) is 37.2. The van der Waals surface area contributed by atoms with Gasteiger partial charge in [-0.1, -0.05) is 29.4 Å². The molecule has 0 atom stereocenters. The highest BCUT2D eigenvalue weighted by Gasteiger charge is 2.20. The number of oxime groups is 1. The number of morpholine rings is 1. The van der Waals surface area contributed by atoms with Gasteiger partial charge in [0, 0.05) is 48.2 Å². The van der Waals surface area contributed by atoms with Gasteiger partial charge in [-0.25, -0.2) is 19.7 Å². The van der Waals surface area contributed by atoms with Crippen molar-refractivity contribution < 1.29 is 19.1 Å². The normalized spacial score (nSPS) is 14.1. The number of fused-ring (bicyclic) bond motifs is 2. The summed E-state index contributed by atoms with van der Waals surface area (Å²) in [6.45, 7) is 4.50. The average Bonchev–Trinajstić information content (AvgIpc) is 3.47. The molecule has 42 heavy (non-hydrogen) atoms. The molecule has 2 N–H and O–H groups in total. The van der Waals surface area contributed by atoms with Crippen molar-refractivity contribution in [1.29, 1.82) is 0 Å². The smallest absolute Gasteiger partial charge is 0.433 e. The van der Waals surface area contributed by atoms with Gasteiger partial charge >= 0.3 is 6.16 Å². The van der Waals surface area contributed by atoms with Crippen molar-refractivity contribution >= 4 is 46.5 Å². The maximum Gasteiger partial charge on any atom is 0.535 e. The molecule has 0 aliphatic carbocycles. The SMILES string of the molecule is CCOC(=O)ON=C(N)c1cncc(-c2cnc(N3CCOCC3)c3nc(C=Cc4ccc5ccccc5n4)cn23)c1. The van der Waals surface area contributed by atoms with Gasteiger partial charge in [0.05, 0.1) is 48.6 Å². The van der Waals surface area contributed by atoms with Crippen LogP contribution in [0.4, 0.5) is 10.6 Å². The number of pyridine rings is 2. The van der Waals surface area contributed by atoms with Crippen LogP contribution >= 0.6 is 0 Å². The van der Waals surface area contributed by atoms with Crippen molar-refractivity contribution in [2.45, 2.75) is 6.92 Å². The summed E-state index contributed by atoms with van der Waals surface area (Å²) in [6.07, 6.45) is 9.89. The highest BCUT2D eigenvalue weighted by Crippen LogP contribution is 2.27. The Balaban J connectivity index is 1.37. The predicted molar refractivity (Wildman–Crippen MR) is 159 cm³/mol. The average molecular weight is 565 g/mol. The van der Waals surface area contributed by atoms with Gasteiger partial charge in [0.25, 0.3) is 0 Å². The number of rotatable bonds is 7. The van der Waals surface area contributed by atoms with E-state index < -0.39 is 6.16 Å². The van der Waals surface area contributed by atoms with E-state index in [2.05, 4.69) is 21.1 Å². The Morgan fingerprint density at radius 1 is 1.07 bits per heavy atom. The lowest BCUT2D eigenvalue weighted by Crippen LogP contribution is -2.37. The molecule has 0 unspecified atom stereocenters. The van der Waals surface area contributed by atoms with Gasteiger partial charge in [-0.2, -0.15) is 0 Å². The molecular formula is C30H28N8O4. The van der Waals surface area contributed by atoms with Crippen LogP contribution in [-0.2, 0) is 14.3 Å². The highest BCUT2D eigenvalue weighted by atomic mass is 16.8. The summed E-state index contributed by atoms with van der Waals surface area (Å²) in [5.74, 6) is 0.738. The zero-order valence-corrected chi connectivity index (χ0v) is 22.9. The summed E-state index contributed by atoms with van der Waals surface area (Å²) in [6, 6.07) is 13.8. The zero-order chi connectivity index (χ0) is 28.9. The second-order valence-corrected chi connectivity index (χ2v) is 9.40. The van der Waals surface area contributed by atoms with Gasteiger partial charge in [0.15, 0.2) is 17.3 Å². The Hall–Kier alpha value is -5.36. The van der Waals surface area contributed by atoms with Gasteiger partial charge < -0.3 is 20.1 Å². The Morgan fingerprint density at radius 2 is 1.90 bits per heavy atom. The molecule has 1 aromatic carbocycles. The molecule has 6 rings (SSSR count). The van der Waals surface area contributed by atoms with E-state index >= 15 is 0 Å². The number of anilines is 1. The van der Waals surface area contributed by atoms with E-state index in [1.807, 2.05) is 53.1 Å². The number of nitrogens with two attached hydrogens (primary N) is 1. The molecule has 212 valence electrons. The summed E-state index contributed by atoms with van der Waals surface area (Å²) in [7, 11) is 0. The van der Waals surface area contributed by atoms with E-state index in [4.69, 9.17) is 35.0 Å². The third-order valence-corrected chi connectivity index (χ3v) is 6.66. The van der Waals surface area contributed by atoms with Crippen molar-refractivity contribution in [2.75, 3.05) is 37.8 Å². The number of hydrogen-bond acceptors (Lipinski definition) is 10. The number of imidazole rings is 1. The molecule has 0 amide bonds. The molecule has 4 aromatic heterocycles. The predicted octanol–water partition coefficient (Wildman–Crippen LogP) is 4.14. The number of para-hydroxylation sites is 1. The highest BCUT2D eigenvalue weighted by molar-refractivity contribution is 5.98. The van der Waals surface area contributed by atoms with Gasteiger partial charge in [-0.05, 0) is 37.3 Å². The minimum atomic E-state index is -0.938. The Morgan fingerprint density at radius 3 is 2.76 bits per heavy atom. The van der Waals surface area contributed by atoms with Gasteiger partial charge in [-0.3, -0.25) is 14.2 Å². The van der Waals surface area contributed by atoms with Gasteiger partial charge in [-0.15, -0.1) is 0 Å². The fraction of sp³-hybridized carbons (Fsp3) is 0.200. The first-order valence-electron chi connectivity index (χ1n) is 13.5. The topological polar surface area (TPSA) is 142 Å². The van der Waals surface area contributed by atoms with Crippen LogP contribution in [0.15, 0.2) is 72.4 Å². The van der Waals surface area contributed by atoms with Crippen molar-refractivity contribution in [2.24, 2.45) is 10.9 Å². The molecule has 0 bridgehead atoms. The summed E-state index contributed by atoms with van der Waals surface area (Å²) in [5.41, 5.74) is 11.2. The first kappa shape index (κ1) is 26.8. The first-order valence-corrected chi connectivity index (χ1v) is 13.5. The second kappa shape index (κ2) is 12.0. The number of carbonyl (C=O) groups is 1. The van der Waals surface area contributed by atoms with Crippen LogP contribution in [0.5, 0.6) is 0 Å². The van der Waals surface area contributed by atoms with Gasteiger partial charge in [0.2, 0.25) is 0 Å². The number of amidine groups is 1. The summed E-state index contributed by atoms with van der Waals surface area (Å²) >= 11 is 0. The molecule has 1 aliphatic heterocycles. The van der Waals surface area contributed by atoms with E-state index in [9.17, 15) is 4.79 Å². The molecule has 12 nitrogen and oxygen atoms in total. The number of carbonyl (C=O) groups excluding carboxylic acids is 1. The Bertz CT molecular complexity index is 1810. The molecule has 0 radical (unpaired) electrons. The van der Waals surface area contributed by atoms with E-state index in [0.29, 0.717) is 37.5 Å². The van der Waals surface area contributed by atoms with Crippen molar-refractivity contribution in [3.05, 3.63) is 84.2 Å². The number of benzene rings is 1. The number of hydrogen-bond donors (Lipinski definition) is 1. The lowest BCUT2D eigenvalue weighted by atomic mass is 10.1. The van der Waals surface area contributed by atoms with E-state index in [1.54, 1.807) is 25.4 Å². The molecule has 1 aliphatic rings. The van der Waals surface area contributed by atoms with Crippen molar-refractivity contribution in [3.63, 3.8) is 0 Å². The van der Waals surface area contributed by atoms with Crippen LogP contribution < -0.4 is 10.6 Å². The number of ether oxygens (including phenoxy) is 2. The third-order valence-electron chi connectivity index (χ3n) is 6.66. The quantitative estimate of drug-likeness (QED) is 0.101. The van der Waals surface area contributed by atoms with Crippen LogP contribution in [-0.4, -0.2) is 69.2 Å². The molecule has 1 fully saturated rings. The monoisotopic (exact) mass is 564 g/mol. The summed E-state index contributed by atoms with van der Waals surface area (Å²) < 4.78 is 12.2. The fourth-order valence-electron chi connectivity index (χ4n) is 4.62. The number of aromatic nitrogens is 5. The first-order chi connectivity index (χ1) is 20.6. The molecule has 5 aromatic rings. The minimum absolute atomic E-state index is 0.0244. The maximum absolute atomic E-state index is 11.5. The number of nitrogens with zero attached hydrogens (tertiary/aromatic N) is 7. The van der Waals surface area contributed by atoms with Gasteiger partial charge in [0.1, 0.15) is 0 Å². The molecule has 1 saturated heterocycles. The van der Waals surface area contributed by atoms with Crippen molar-refractivity contribution in [3.8, 4) is 11.3 Å². The molecular weight excluding hydrogens is 536 g/mol. The minimum Gasteiger partial charge on any atom is -0.433 e. The maximum atomic E-state index is 11.5. The zero-order valence-electron chi connectivity index (χ0n) is 22.9. The van der Waals surface area contributed by atoms with Crippen LogP contribution in [0.1, 0.15) is 23.9 Å². The van der Waals surface area contributed by atoms with Crippen LogP contribution in [0.2, 0.25) is 0 Å². The lowest BCUT2D eigenvalue weighted by Gasteiger charge is -2.28. The third kappa shape index (κ3) is 5.74. The summed E-state index contributed by atoms with van der Waals surface area (Å²) in [5, 5.41) is 4.76. The second-order valence-electron chi connectivity index (χ2n) is 9.40. The van der Waals surface area contributed by atoms with E-state index in [0.717, 1.165) is 39.4 Å². The molecule has 12 heteroatoms. The van der Waals surface area contributed by atoms with Crippen molar-refractivity contribution in [1.82, 2.24) is 24.3 Å². The molecule has 0 spiro atoms. The van der Waals surface area contributed by atoms with E-state index in [1.165, 1.54) is 6.20 Å². The van der Waals surface area contributed by atoms with Crippen LogP contribution in [0, 0.1) is 0 Å².